The van der Waals surface area contributed by atoms with Gasteiger partial charge in [0.25, 0.3) is 5.56 Å². The molecule has 0 radical (unpaired) electrons. The van der Waals surface area contributed by atoms with Crippen molar-refractivity contribution in [1.82, 2.24) is 19.2 Å². The third kappa shape index (κ3) is 2.84. The molecule has 0 spiro atoms. The number of hydrogen-bond acceptors (Lipinski definition) is 5. The van der Waals surface area contributed by atoms with Crippen LogP contribution in [0.25, 0.3) is 0 Å². The predicted octanol–water partition coefficient (Wildman–Crippen LogP) is -1.89. The molecule has 1 fully saturated rings. The lowest BCUT2D eigenvalue weighted by Crippen LogP contribution is -2.48. The Morgan fingerprint density at radius 2 is 2.05 bits per heavy atom. The standard InChI is InChI=1S/C11H18N4O4S/c1-14-7-9(10(16)15(2)11(14)17)20(18,19)13-8-4-3-5-12-6-8/h7-8,12-13H,3-6H2,1-2H3. The van der Waals surface area contributed by atoms with Crippen LogP contribution >= 0.6 is 0 Å². The molecule has 1 atom stereocenters. The van der Waals surface area contributed by atoms with Crippen LogP contribution in [0.15, 0.2) is 20.7 Å². The highest BCUT2D eigenvalue weighted by Gasteiger charge is 2.25. The largest absolute Gasteiger partial charge is 0.330 e. The summed E-state index contributed by atoms with van der Waals surface area (Å²) >= 11 is 0. The van der Waals surface area contributed by atoms with E-state index in [2.05, 4.69) is 10.0 Å². The summed E-state index contributed by atoms with van der Waals surface area (Å²) in [6.45, 7) is 1.39. The fourth-order valence-electron chi connectivity index (χ4n) is 2.19. The molecular weight excluding hydrogens is 284 g/mol. The van der Waals surface area contributed by atoms with Crippen LogP contribution in [0.1, 0.15) is 12.8 Å². The lowest BCUT2D eigenvalue weighted by Gasteiger charge is -2.23. The molecule has 0 saturated carbocycles. The number of aromatic nitrogens is 2. The van der Waals surface area contributed by atoms with Gasteiger partial charge in [-0.15, -0.1) is 0 Å². The van der Waals surface area contributed by atoms with Crippen molar-refractivity contribution < 1.29 is 8.42 Å². The van der Waals surface area contributed by atoms with E-state index in [1.165, 1.54) is 14.1 Å². The number of aryl methyl sites for hydroxylation is 1. The first-order chi connectivity index (χ1) is 9.33. The second-order valence-corrected chi connectivity index (χ2v) is 6.60. The van der Waals surface area contributed by atoms with E-state index in [-0.39, 0.29) is 6.04 Å². The molecule has 0 aliphatic carbocycles. The predicted molar refractivity (Wildman–Crippen MR) is 73.1 cm³/mol. The molecule has 2 rings (SSSR count). The van der Waals surface area contributed by atoms with Crippen molar-refractivity contribution in [3.8, 4) is 0 Å². The van der Waals surface area contributed by atoms with Crippen LogP contribution in [-0.4, -0.2) is 36.7 Å². The van der Waals surface area contributed by atoms with Crippen molar-refractivity contribution in [2.75, 3.05) is 13.1 Å². The van der Waals surface area contributed by atoms with Crippen LogP contribution in [-0.2, 0) is 24.1 Å². The third-order valence-electron chi connectivity index (χ3n) is 3.32. The highest BCUT2D eigenvalue weighted by atomic mass is 32.2. The maximum Gasteiger partial charge on any atom is 0.330 e. The Morgan fingerprint density at radius 1 is 1.35 bits per heavy atom. The van der Waals surface area contributed by atoms with Crippen LogP contribution < -0.4 is 21.3 Å². The molecule has 0 amide bonds. The minimum Gasteiger partial charge on any atom is -0.315 e. The van der Waals surface area contributed by atoms with E-state index in [1.807, 2.05) is 0 Å². The summed E-state index contributed by atoms with van der Waals surface area (Å²) in [4.78, 5) is 23.1. The van der Waals surface area contributed by atoms with Crippen molar-refractivity contribution in [2.24, 2.45) is 14.1 Å². The van der Waals surface area contributed by atoms with Crippen LogP contribution in [0, 0.1) is 0 Å². The Labute approximate surface area is 116 Å². The van der Waals surface area contributed by atoms with Gasteiger partial charge in [0.15, 0.2) is 4.90 Å². The Kier molecular flexibility index (Phi) is 4.11. The van der Waals surface area contributed by atoms with Crippen LogP contribution in [0.2, 0.25) is 0 Å². The number of rotatable bonds is 3. The normalized spacial score (nSPS) is 20.0. The summed E-state index contributed by atoms with van der Waals surface area (Å²) in [6, 6.07) is -0.240. The summed E-state index contributed by atoms with van der Waals surface area (Å²) in [5, 5.41) is 3.09. The molecule has 0 bridgehead atoms. The molecule has 20 heavy (non-hydrogen) atoms. The fourth-order valence-corrected chi connectivity index (χ4v) is 3.63. The quantitative estimate of drug-likeness (QED) is 0.680. The zero-order valence-electron chi connectivity index (χ0n) is 11.4. The van der Waals surface area contributed by atoms with Gasteiger partial charge in [0, 0.05) is 32.9 Å². The molecule has 1 aliphatic heterocycles. The molecule has 0 aromatic carbocycles. The highest BCUT2D eigenvalue weighted by Crippen LogP contribution is 2.07. The molecule has 1 aromatic heterocycles. The maximum absolute atomic E-state index is 12.3. The molecule has 112 valence electrons. The lowest BCUT2D eigenvalue weighted by atomic mass is 10.1. The van der Waals surface area contributed by atoms with E-state index in [0.29, 0.717) is 6.54 Å². The summed E-state index contributed by atoms with van der Waals surface area (Å²) in [5.41, 5.74) is -1.38. The maximum atomic E-state index is 12.3. The SMILES string of the molecule is Cn1cc(S(=O)(=O)NC2CCCNC2)c(=O)n(C)c1=O. The van der Waals surface area contributed by atoms with E-state index >= 15 is 0 Å². The van der Waals surface area contributed by atoms with Gasteiger partial charge in [0.2, 0.25) is 10.0 Å². The molecule has 2 N–H and O–H groups in total. The topological polar surface area (TPSA) is 102 Å². The number of sulfonamides is 1. The molecule has 1 aromatic rings. The fraction of sp³-hybridized carbons (Fsp3) is 0.636. The highest BCUT2D eigenvalue weighted by molar-refractivity contribution is 7.89. The van der Waals surface area contributed by atoms with Crippen LogP contribution in [0.4, 0.5) is 0 Å². The minimum atomic E-state index is -3.94. The monoisotopic (exact) mass is 302 g/mol. The molecule has 1 saturated heterocycles. The van der Waals surface area contributed by atoms with Crippen LogP contribution in [0.5, 0.6) is 0 Å². The van der Waals surface area contributed by atoms with Gasteiger partial charge in [-0.25, -0.2) is 17.9 Å². The van der Waals surface area contributed by atoms with Gasteiger partial charge >= 0.3 is 5.69 Å². The number of nitrogens with zero attached hydrogens (tertiary/aromatic N) is 2. The molecule has 8 nitrogen and oxygen atoms in total. The number of hydrogen-bond donors (Lipinski definition) is 2. The number of piperidine rings is 1. The van der Waals surface area contributed by atoms with Gasteiger partial charge in [-0.2, -0.15) is 0 Å². The van der Waals surface area contributed by atoms with E-state index in [4.69, 9.17) is 0 Å². The zero-order valence-corrected chi connectivity index (χ0v) is 12.2. The van der Waals surface area contributed by atoms with Gasteiger partial charge in [-0.05, 0) is 19.4 Å². The lowest BCUT2D eigenvalue weighted by molar-refractivity contribution is 0.428. The molecule has 2 heterocycles. The Morgan fingerprint density at radius 3 is 2.65 bits per heavy atom. The number of nitrogens with one attached hydrogen (secondary N) is 2. The summed E-state index contributed by atoms with van der Waals surface area (Å²) < 4.78 is 28.9. The Hall–Kier alpha value is -1.45. The van der Waals surface area contributed by atoms with Crippen molar-refractivity contribution in [3.05, 3.63) is 27.0 Å². The molecular formula is C11H18N4O4S. The van der Waals surface area contributed by atoms with Gasteiger partial charge in [-0.3, -0.25) is 9.36 Å². The first-order valence-corrected chi connectivity index (χ1v) is 7.81. The van der Waals surface area contributed by atoms with E-state index in [0.717, 1.165) is 34.7 Å². The first-order valence-electron chi connectivity index (χ1n) is 6.32. The molecule has 9 heteroatoms. The molecule has 1 aliphatic rings. The van der Waals surface area contributed by atoms with E-state index in [1.54, 1.807) is 0 Å². The van der Waals surface area contributed by atoms with Crippen molar-refractivity contribution in [1.29, 1.82) is 0 Å². The summed E-state index contributed by atoms with van der Waals surface area (Å²) in [5.74, 6) is 0. The third-order valence-corrected chi connectivity index (χ3v) is 4.83. The van der Waals surface area contributed by atoms with Gasteiger partial charge < -0.3 is 9.88 Å². The molecule has 1 unspecified atom stereocenters. The van der Waals surface area contributed by atoms with Gasteiger partial charge in [0.05, 0.1) is 0 Å². The Balaban J connectivity index is 2.39. The average molecular weight is 302 g/mol. The zero-order chi connectivity index (χ0) is 14.9. The second-order valence-electron chi connectivity index (χ2n) is 4.92. The van der Waals surface area contributed by atoms with E-state index in [9.17, 15) is 18.0 Å². The average Bonchev–Trinajstić information content (AvgIpc) is 2.41. The minimum absolute atomic E-state index is 0.240. The van der Waals surface area contributed by atoms with Crippen LogP contribution in [0.3, 0.4) is 0 Å². The summed E-state index contributed by atoms with van der Waals surface area (Å²) in [6.07, 6.45) is 2.65. The van der Waals surface area contributed by atoms with Gasteiger partial charge in [-0.1, -0.05) is 0 Å². The smallest absolute Gasteiger partial charge is 0.315 e. The van der Waals surface area contributed by atoms with Crippen molar-refractivity contribution in [2.45, 2.75) is 23.8 Å². The van der Waals surface area contributed by atoms with Crippen molar-refractivity contribution in [3.63, 3.8) is 0 Å². The van der Waals surface area contributed by atoms with E-state index < -0.39 is 26.2 Å². The Bertz CT molecular complexity index is 713. The van der Waals surface area contributed by atoms with Gasteiger partial charge in [0.1, 0.15) is 0 Å². The second kappa shape index (κ2) is 5.51. The first kappa shape index (κ1) is 14.9. The van der Waals surface area contributed by atoms with Crippen molar-refractivity contribution >= 4 is 10.0 Å². The summed E-state index contributed by atoms with van der Waals surface area (Å²) in [7, 11) is -1.27.